The van der Waals surface area contributed by atoms with Gasteiger partial charge in [-0.15, -0.1) is 0 Å². The van der Waals surface area contributed by atoms with E-state index in [0.29, 0.717) is 0 Å². The molecule has 1 N–H and O–H groups in total. The predicted octanol–water partition coefficient (Wildman–Crippen LogP) is 0.227. The Balaban J connectivity index is 2.49. The first-order valence-corrected chi connectivity index (χ1v) is 10.2. The Morgan fingerprint density at radius 1 is 0.914 bits per heavy atom. The lowest BCUT2D eigenvalue weighted by molar-refractivity contribution is -0.165. The number of hydrogen-bond donors (Lipinski definition) is 1. The Bertz CT molecular complexity index is 995. The molecule has 1 saturated heterocycles. The van der Waals surface area contributed by atoms with Crippen LogP contribution in [0.4, 0.5) is 5.82 Å². The van der Waals surface area contributed by atoms with Gasteiger partial charge < -0.3 is 38.5 Å². The van der Waals surface area contributed by atoms with E-state index in [1.165, 1.54) is 20.1 Å². The number of pyridine rings is 1. The van der Waals surface area contributed by atoms with Gasteiger partial charge >= 0.3 is 29.8 Å². The molecule has 0 amide bonds. The number of anilines is 1. The van der Waals surface area contributed by atoms with Crippen LogP contribution in [0.15, 0.2) is 6.07 Å². The summed E-state index contributed by atoms with van der Waals surface area (Å²) < 4.78 is 36.0. The summed E-state index contributed by atoms with van der Waals surface area (Å²) in [6.07, 6.45) is -4.55. The minimum Gasteiger partial charge on any atom is -0.480 e. The molecule has 35 heavy (non-hydrogen) atoms. The Hall–Kier alpha value is -3.94. The van der Waals surface area contributed by atoms with E-state index in [4.69, 9.17) is 33.2 Å². The quantitative estimate of drug-likeness (QED) is 0.361. The number of rotatable bonds is 9. The largest absolute Gasteiger partial charge is 0.480 e. The molecule has 0 unspecified atom stereocenters. The van der Waals surface area contributed by atoms with Crippen LogP contribution in [0, 0.1) is 0 Å². The van der Waals surface area contributed by atoms with Crippen LogP contribution >= 0.6 is 0 Å². The van der Waals surface area contributed by atoms with Crippen molar-refractivity contribution in [2.24, 2.45) is 0 Å². The van der Waals surface area contributed by atoms with E-state index in [2.05, 4.69) is 10.3 Å². The summed E-state index contributed by atoms with van der Waals surface area (Å²) in [5.74, 6) is -4.11. The lowest BCUT2D eigenvalue weighted by Gasteiger charge is -2.24. The van der Waals surface area contributed by atoms with Crippen LogP contribution in [0.5, 0.6) is 5.88 Å². The maximum atomic E-state index is 12.3. The molecular formula is C21H26N2O12. The topological polar surface area (TPSA) is 175 Å². The van der Waals surface area contributed by atoms with Crippen molar-refractivity contribution in [3.63, 3.8) is 0 Å². The lowest BCUT2D eigenvalue weighted by Crippen LogP contribution is -2.43. The van der Waals surface area contributed by atoms with E-state index in [1.54, 1.807) is 0 Å². The first-order valence-electron chi connectivity index (χ1n) is 10.2. The molecule has 14 nitrogen and oxygen atoms in total. The number of hydrogen-bond acceptors (Lipinski definition) is 14. The van der Waals surface area contributed by atoms with Gasteiger partial charge in [0.05, 0.1) is 26.9 Å². The second-order valence-corrected chi connectivity index (χ2v) is 7.11. The normalized spacial score (nSPS) is 20.9. The van der Waals surface area contributed by atoms with E-state index in [1.807, 2.05) is 0 Å². The highest BCUT2D eigenvalue weighted by atomic mass is 16.7. The first-order chi connectivity index (χ1) is 16.5. The Kier molecular flexibility index (Phi) is 9.34. The van der Waals surface area contributed by atoms with Gasteiger partial charge in [-0.1, -0.05) is 0 Å². The van der Waals surface area contributed by atoms with Crippen LogP contribution in [0.25, 0.3) is 0 Å². The fourth-order valence-electron chi connectivity index (χ4n) is 3.29. The van der Waals surface area contributed by atoms with Crippen molar-refractivity contribution in [2.45, 2.75) is 45.3 Å². The van der Waals surface area contributed by atoms with Crippen LogP contribution in [0.1, 0.15) is 41.5 Å². The molecular weight excluding hydrogens is 472 g/mol. The van der Waals surface area contributed by atoms with Gasteiger partial charge in [0.1, 0.15) is 24.1 Å². The van der Waals surface area contributed by atoms with E-state index >= 15 is 0 Å². The molecule has 4 atom stereocenters. The van der Waals surface area contributed by atoms with Crippen molar-refractivity contribution in [3.8, 4) is 5.88 Å². The minimum atomic E-state index is -1.20. The van der Waals surface area contributed by atoms with Crippen LogP contribution < -0.4 is 10.1 Å². The van der Waals surface area contributed by atoms with Crippen LogP contribution in [0.2, 0.25) is 0 Å². The Morgan fingerprint density at radius 2 is 1.51 bits per heavy atom. The number of methoxy groups -OCH3 is 3. The first kappa shape index (κ1) is 27.3. The number of nitrogens with one attached hydrogen (secondary N) is 1. The molecule has 2 heterocycles. The van der Waals surface area contributed by atoms with Gasteiger partial charge in [-0.05, 0) is 6.07 Å². The van der Waals surface area contributed by atoms with Crippen LogP contribution in [-0.4, -0.2) is 87.3 Å². The maximum Gasteiger partial charge on any atom is 0.344 e. The minimum absolute atomic E-state index is 0.0493. The zero-order valence-electron chi connectivity index (χ0n) is 19.9. The summed E-state index contributed by atoms with van der Waals surface area (Å²) in [5.41, 5.74) is -0.509. The number of nitrogens with zero attached hydrogens (tertiary/aromatic N) is 1. The van der Waals surface area contributed by atoms with E-state index in [-0.39, 0.29) is 29.4 Å². The highest BCUT2D eigenvalue weighted by Gasteiger charge is 2.50. The van der Waals surface area contributed by atoms with Gasteiger partial charge in [-0.3, -0.25) is 14.4 Å². The smallest absolute Gasteiger partial charge is 0.344 e. The van der Waals surface area contributed by atoms with E-state index < -0.39 is 54.4 Å². The van der Waals surface area contributed by atoms with Crippen molar-refractivity contribution in [1.29, 1.82) is 0 Å². The van der Waals surface area contributed by atoms with Gasteiger partial charge in [0.15, 0.2) is 18.4 Å². The fraction of sp³-hybridized carbons (Fsp3) is 0.524. The second kappa shape index (κ2) is 12.0. The molecule has 0 aliphatic carbocycles. The molecule has 192 valence electrons. The number of esters is 5. The number of carbonyl (C=O) groups is 5. The van der Waals surface area contributed by atoms with E-state index in [0.717, 1.165) is 28.1 Å². The Morgan fingerprint density at radius 3 is 2.03 bits per heavy atom. The number of aromatic nitrogens is 1. The zero-order chi connectivity index (χ0) is 26.3. The van der Waals surface area contributed by atoms with Crippen molar-refractivity contribution in [3.05, 3.63) is 17.2 Å². The average Bonchev–Trinajstić information content (AvgIpc) is 3.10. The summed E-state index contributed by atoms with van der Waals surface area (Å²) in [6, 6.07) is 1.18. The fourth-order valence-corrected chi connectivity index (χ4v) is 3.29. The van der Waals surface area contributed by atoms with Crippen molar-refractivity contribution < 1.29 is 57.1 Å². The van der Waals surface area contributed by atoms with Crippen molar-refractivity contribution in [1.82, 2.24) is 4.98 Å². The monoisotopic (exact) mass is 498 g/mol. The summed E-state index contributed by atoms with van der Waals surface area (Å²) >= 11 is 0. The molecule has 14 heteroatoms. The molecule has 0 aromatic carbocycles. The number of carbonyl (C=O) groups excluding carboxylic acids is 5. The molecule has 0 radical (unpaired) electrons. The summed E-state index contributed by atoms with van der Waals surface area (Å²) in [5, 5.41) is 2.81. The number of ether oxygens (including phenoxy) is 7. The molecule has 1 aliphatic heterocycles. The Labute approximate surface area is 200 Å². The molecule has 0 spiro atoms. The van der Waals surface area contributed by atoms with Gasteiger partial charge in [0.2, 0.25) is 5.88 Å². The van der Waals surface area contributed by atoms with Gasteiger partial charge in [0, 0.05) is 20.8 Å². The molecule has 2 rings (SSSR count). The zero-order valence-corrected chi connectivity index (χ0v) is 19.9. The average molecular weight is 498 g/mol. The highest BCUT2D eigenvalue weighted by molar-refractivity contribution is 6.05. The third-order valence-corrected chi connectivity index (χ3v) is 4.63. The molecule has 1 aliphatic rings. The maximum absolute atomic E-state index is 12.3. The predicted molar refractivity (Wildman–Crippen MR) is 113 cm³/mol. The molecule has 1 aromatic rings. The molecule has 1 aromatic heterocycles. The standard InChI is InChI=1S/C21H26N2O12/c1-9(24)32-8-13-16(33-10(2)25)17(34-11(3)26)19(35-13)23-14-7-12(20(27)30-5)15(21(28)31-6)18(22-14)29-4/h7,13,16-17,19H,8H2,1-6H3,(H,22,23)/t13-,16-,17-,19-/m1/s1. The van der Waals surface area contributed by atoms with E-state index in [9.17, 15) is 24.0 Å². The van der Waals surface area contributed by atoms with Crippen LogP contribution in [0.3, 0.4) is 0 Å². The summed E-state index contributed by atoms with van der Waals surface area (Å²) in [4.78, 5) is 63.4. The van der Waals surface area contributed by atoms with Gasteiger partial charge in [-0.25, -0.2) is 9.59 Å². The highest BCUT2D eigenvalue weighted by Crippen LogP contribution is 2.31. The third-order valence-electron chi connectivity index (χ3n) is 4.63. The lowest BCUT2D eigenvalue weighted by atomic mass is 10.1. The third kappa shape index (κ3) is 6.79. The molecule has 1 fully saturated rings. The second-order valence-electron chi connectivity index (χ2n) is 7.11. The molecule has 0 bridgehead atoms. The SMILES string of the molecule is COC(=O)c1cc(N[C@@H]2O[C@H](COC(C)=O)[C@@H](OC(C)=O)[C@H]2OC(C)=O)nc(OC)c1C(=O)OC. The van der Waals surface area contributed by atoms with Crippen molar-refractivity contribution in [2.75, 3.05) is 33.3 Å². The summed E-state index contributed by atoms with van der Waals surface area (Å²) in [6.45, 7) is 3.16. The van der Waals surface area contributed by atoms with Crippen LogP contribution in [-0.2, 0) is 42.8 Å². The van der Waals surface area contributed by atoms with Gasteiger partial charge in [0.25, 0.3) is 0 Å². The molecule has 0 saturated carbocycles. The van der Waals surface area contributed by atoms with Gasteiger partial charge in [-0.2, -0.15) is 4.98 Å². The van der Waals surface area contributed by atoms with Crippen molar-refractivity contribution >= 4 is 35.7 Å². The summed E-state index contributed by atoms with van der Waals surface area (Å²) in [7, 11) is 3.45.